The SMILES string of the molecule is Cc1nc(C(=O)N[C@@H](C)Cn2ccc(-c3ccc(C#N)c(Cl)c3)n2)cn1CCC(C)O. The Balaban J connectivity index is 1.61. The summed E-state index contributed by atoms with van der Waals surface area (Å²) in [5.41, 5.74) is 2.32. The Morgan fingerprint density at radius 1 is 1.35 bits per heavy atom. The van der Waals surface area contributed by atoms with E-state index in [1.807, 2.05) is 36.7 Å². The molecule has 2 heterocycles. The number of aromatic nitrogens is 4. The molecule has 0 aliphatic carbocycles. The average Bonchev–Trinajstić information content (AvgIpc) is 3.32. The van der Waals surface area contributed by atoms with Gasteiger partial charge in [-0.15, -0.1) is 0 Å². The molecule has 3 rings (SSSR count). The maximum absolute atomic E-state index is 12.6. The van der Waals surface area contributed by atoms with Crippen molar-refractivity contribution in [2.75, 3.05) is 0 Å². The molecule has 0 fully saturated rings. The third kappa shape index (κ3) is 5.72. The molecule has 2 aromatic heterocycles. The summed E-state index contributed by atoms with van der Waals surface area (Å²) < 4.78 is 3.62. The van der Waals surface area contributed by atoms with Crippen molar-refractivity contribution < 1.29 is 9.90 Å². The number of nitrogens with zero attached hydrogens (tertiary/aromatic N) is 5. The van der Waals surface area contributed by atoms with Gasteiger partial charge in [-0.3, -0.25) is 9.48 Å². The Kier molecular flexibility index (Phi) is 7.10. The zero-order valence-electron chi connectivity index (χ0n) is 17.7. The predicted octanol–water partition coefficient (Wildman–Crippen LogP) is 3.17. The lowest BCUT2D eigenvalue weighted by molar-refractivity contribution is 0.0931. The quantitative estimate of drug-likeness (QED) is 0.559. The van der Waals surface area contributed by atoms with Crippen LogP contribution in [0.5, 0.6) is 0 Å². The zero-order valence-corrected chi connectivity index (χ0v) is 18.5. The Hall–Kier alpha value is -3.15. The standard InChI is InChI=1S/C22H25ClN6O2/c1-14(25-22(31)21-13-28(16(3)26-21)8-6-15(2)30)12-29-9-7-20(27-29)17-4-5-18(11-24)19(23)10-17/h4-5,7,9-10,13-15,30H,6,8,12H2,1-3H3,(H,25,31)/t14-,15?/m0/s1. The number of carbonyl (C=O) groups is 1. The smallest absolute Gasteiger partial charge is 0.271 e. The minimum absolute atomic E-state index is 0.173. The highest BCUT2D eigenvalue weighted by Gasteiger charge is 2.16. The lowest BCUT2D eigenvalue weighted by Gasteiger charge is -2.13. The number of hydrogen-bond donors (Lipinski definition) is 2. The maximum atomic E-state index is 12.6. The first-order valence-electron chi connectivity index (χ1n) is 10.0. The van der Waals surface area contributed by atoms with Gasteiger partial charge in [0.05, 0.1) is 28.9 Å². The van der Waals surface area contributed by atoms with E-state index >= 15 is 0 Å². The number of halogens is 1. The summed E-state index contributed by atoms with van der Waals surface area (Å²) >= 11 is 6.11. The molecule has 3 aromatic rings. The highest BCUT2D eigenvalue weighted by atomic mass is 35.5. The molecule has 0 saturated heterocycles. The van der Waals surface area contributed by atoms with Crippen molar-refractivity contribution in [1.29, 1.82) is 5.26 Å². The fourth-order valence-electron chi connectivity index (χ4n) is 3.18. The molecule has 0 aliphatic rings. The molecule has 2 atom stereocenters. The number of rotatable bonds is 8. The Morgan fingerprint density at radius 2 is 2.13 bits per heavy atom. The van der Waals surface area contributed by atoms with Crippen LogP contribution in [-0.2, 0) is 13.1 Å². The lowest BCUT2D eigenvalue weighted by Crippen LogP contribution is -2.36. The molecular weight excluding hydrogens is 416 g/mol. The van der Waals surface area contributed by atoms with E-state index in [2.05, 4.69) is 15.4 Å². The van der Waals surface area contributed by atoms with E-state index in [0.717, 1.165) is 17.1 Å². The summed E-state index contributed by atoms with van der Waals surface area (Å²) in [4.78, 5) is 16.9. The third-order valence-electron chi connectivity index (χ3n) is 4.86. The number of aliphatic hydroxyl groups is 1. The molecule has 31 heavy (non-hydrogen) atoms. The summed E-state index contributed by atoms with van der Waals surface area (Å²) in [6.07, 6.45) is 3.73. The molecule has 0 saturated carbocycles. The largest absolute Gasteiger partial charge is 0.393 e. The van der Waals surface area contributed by atoms with Crippen LogP contribution in [0.15, 0.2) is 36.7 Å². The molecule has 1 unspecified atom stereocenters. The minimum Gasteiger partial charge on any atom is -0.393 e. The van der Waals surface area contributed by atoms with Crippen molar-refractivity contribution in [1.82, 2.24) is 24.6 Å². The van der Waals surface area contributed by atoms with Crippen molar-refractivity contribution in [3.05, 3.63) is 58.8 Å². The summed E-state index contributed by atoms with van der Waals surface area (Å²) in [5, 5.41) is 26.3. The highest BCUT2D eigenvalue weighted by molar-refractivity contribution is 6.32. The molecule has 0 bridgehead atoms. The van der Waals surface area contributed by atoms with Gasteiger partial charge in [-0.1, -0.05) is 17.7 Å². The van der Waals surface area contributed by atoms with E-state index in [0.29, 0.717) is 35.8 Å². The van der Waals surface area contributed by atoms with Crippen molar-refractivity contribution in [3.8, 4) is 17.3 Å². The molecule has 0 aliphatic heterocycles. The first-order chi connectivity index (χ1) is 14.8. The van der Waals surface area contributed by atoms with Crippen LogP contribution in [0.3, 0.4) is 0 Å². The van der Waals surface area contributed by atoms with Gasteiger partial charge < -0.3 is 15.0 Å². The lowest BCUT2D eigenvalue weighted by atomic mass is 10.1. The fourth-order valence-corrected chi connectivity index (χ4v) is 3.40. The molecule has 1 aromatic carbocycles. The zero-order chi connectivity index (χ0) is 22.5. The van der Waals surface area contributed by atoms with Gasteiger partial charge in [0.1, 0.15) is 17.6 Å². The van der Waals surface area contributed by atoms with Gasteiger partial charge in [0.2, 0.25) is 0 Å². The molecular formula is C22H25ClN6O2. The minimum atomic E-state index is -0.404. The second-order valence-corrected chi connectivity index (χ2v) is 8.02. The van der Waals surface area contributed by atoms with E-state index < -0.39 is 6.10 Å². The van der Waals surface area contributed by atoms with Crippen molar-refractivity contribution in [2.45, 2.75) is 52.4 Å². The van der Waals surface area contributed by atoms with E-state index in [1.165, 1.54) is 0 Å². The molecule has 9 heteroatoms. The van der Waals surface area contributed by atoms with E-state index in [4.69, 9.17) is 16.9 Å². The van der Waals surface area contributed by atoms with Crippen LogP contribution < -0.4 is 5.32 Å². The van der Waals surface area contributed by atoms with Crippen LogP contribution in [0.4, 0.5) is 0 Å². The van der Waals surface area contributed by atoms with Crippen molar-refractivity contribution in [2.24, 2.45) is 0 Å². The number of hydrogen-bond acceptors (Lipinski definition) is 5. The third-order valence-corrected chi connectivity index (χ3v) is 5.17. The number of imidazole rings is 1. The number of aliphatic hydroxyl groups excluding tert-OH is 1. The molecule has 0 spiro atoms. The number of nitrogens with one attached hydrogen (secondary N) is 1. The number of aryl methyl sites for hydroxylation is 2. The monoisotopic (exact) mass is 440 g/mol. The van der Waals surface area contributed by atoms with E-state index in [1.54, 1.807) is 36.0 Å². The van der Waals surface area contributed by atoms with Gasteiger partial charge in [-0.25, -0.2) is 4.98 Å². The number of benzene rings is 1. The van der Waals surface area contributed by atoms with Gasteiger partial charge in [0.15, 0.2) is 0 Å². The molecule has 1 amide bonds. The Bertz CT molecular complexity index is 1110. The summed E-state index contributed by atoms with van der Waals surface area (Å²) in [5.74, 6) is 0.480. The van der Waals surface area contributed by atoms with Crippen LogP contribution in [0, 0.1) is 18.3 Å². The van der Waals surface area contributed by atoms with Crippen LogP contribution in [0.1, 0.15) is 42.1 Å². The van der Waals surface area contributed by atoms with Crippen LogP contribution >= 0.6 is 11.6 Å². The number of nitriles is 1. The fraction of sp³-hybridized carbons (Fsp3) is 0.364. The predicted molar refractivity (Wildman–Crippen MR) is 118 cm³/mol. The van der Waals surface area contributed by atoms with Crippen LogP contribution in [0.2, 0.25) is 5.02 Å². The van der Waals surface area contributed by atoms with Crippen molar-refractivity contribution in [3.63, 3.8) is 0 Å². The highest BCUT2D eigenvalue weighted by Crippen LogP contribution is 2.24. The maximum Gasteiger partial charge on any atom is 0.271 e. The number of carbonyl (C=O) groups excluding carboxylic acids is 1. The van der Waals surface area contributed by atoms with Gasteiger partial charge in [-0.2, -0.15) is 10.4 Å². The topological polar surface area (TPSA) is 109 Å². The van der Waals surface area contributed by atoms with Gasteiger partial charge in [-0.05, 0) is 45.4 Å². The first-order valence-corrected chi connectivity index (χ1v) is 10.4. The van der Waals surface area contributed by atoms with Gasteiger partial charge in [0.25, 0.3) is 5.91 Å². The van der Waals surface area contributed by atoms with Crippen LogP contribution in [-0.4, -0.2) is 42.5 Å². The summed E-state index contributed by atoms with van der Waals surface area (Å²) in [7, 11) is 0. The van der Waals surface area contributed by atoms with E-state index in [-0.39, 0.29) is 11.9 Å². The van der Waals surface area contributed by atoms with Gasteiger partial charge >= 0.3 is 0 Å². The second-order valence-electron chi connectivity index (χ2n) is 7.61. The molecule has 8 nitrogen and oxygen atoms in total. The summed E-state index contributed by atoms with van der Waals surface area (Å²) in [6.45, 7) is 6.56. The molecule has 0 radical (unpaired) electrons. The first kappa shape index (κ1) is 22.5. The Labute approximate surface area is 186 Å². The van der Waals surface area contributed by atoms with Gasteiger partial charge in [0, 0.05) is 30.5 Å². The van der Waals surface area contributed by atoms with Crippen molar-refractivity contribution >= 4 is 17.5 Å². The average molecular weight is 441 g/mol. The normalized spacial score (nSPS) is 12.9. The molecule has 162 valence electrons. The number of amides is 1. The molecule has 2 N–H and O–H groups in total. The second kappa shape index (κ2) is 9.77. The summed E-state index contributed by atoms with van der Waals surface area (Å²) in [6, 6.07) is 8.91. The van der Waals surface area contributed by atoms with E-state index in [9.17, 15) is 9.90 Å². The Morgan fingerprint density at radius 3 is 2.81 bits per heavy atom. The van der Waals surface area contributed by atoms with Crippen LogP contribution in [0.25, 0.3) is 11.3 Å².